The van der Waals surface area contributed by atoms with Gasteiger partial charge in [-0.05, 0) is 27.7 Å². The Morgan fingerprint density at radius 3 is 2.31 bits per heavy atom. The molecule has 0 saturated carbocycles. The van der Waals surface area contributed by atoms with Crippen LogP contribution in [0, 0.1) is 11.8 Å². The third-order valence-electron chi connectivity index (χ3n) is 2.74. The van der Waals surface area contributed by atoms with Gasteiger partial charge < -0.3 is 4.74 Å². The maximum absolute atomic E-state index is 6.04. The van der Waals surface area contributed by atoms with Crippen LogP contribution in [0.1, 0.15) is 27.7 Å². The highest BCUT2D eigenvalue weighted by molar-refractivity contribution is 5.32. The Labute approximate surface area is 80.5 Å². The molecule has 0 aliphatic heterocycles. The standard InChI is InChI=1S/C12H18O/c1-8-7-9-5-6-10(8)11(9)13-12(2,3)4/h5-7,9-11H,1-4H3/t9-,10+,11+/m0/s1. The van der Waals surface area contributed by atoms with E-state index in [-0.39, 0.29) is 5.60 Å². The summed E-state index contributed by atoms with van der Waals surface area (Å²) in [5.74, 6) is 1.08. The smallest absolute Gasteiger partial charge is 0.0778 e. The minimum Gasteiger partial charge on any atom is -0.371 e. The lowest BCUT2D eigenvalue weighted by Crippen LogP contribution is -2.31. The van der Waals surface area contributed by atoms with Crippen molar-refractivity contribution in [2.75, 3.05) is 0 Å². The predicted molar refractivity (Wildman–Crippen MR) is 54.5 cm³/mol. The van der Waals surface area contributed by atoms with Gasteiger partial charge >= 0.3 is 0 Å². The van der Waals surface area contributed by atoms with E-state index in [1.807, 2.05) is 0 Å². The summed E-state index contributed by atoms with van der Waals surface area (Å²) >= 11 is 0. The molecule has 72 valence electrons. The summed E-state index contributed by atoms with van der Waals surface area (Å²) in [7, 11) is 0. The largest absolute Gasteiger partial charge is 0.371 e. The highest BCUT2D eigenvalue weighted by Gasteiger charge is 2.39. The van der Waals surface area contributed by atoms with Crippen LogP contribution >= 0.6 is 0 Å². The van der Waals surface area contributed by atoms with Crippen LogP contribution in [0.4, 0.5) is 0 Å². The van der Waals surface area contributed by atoms with Gasteiger partial charge in [-0.3, -0.25) is 0 Å². The number of ether oxygens (including phenoxy) is 1. The van der Waals surface area contributed by atoms with Crippen molar-refractivity contribution in [1.82, 2.24) is 0 Å². The zero-order valence-electron chi connectivity index (χ0n) is 8.87. The van der Waals surface area contributed by atoms with Crippen LogP contribution in [-0.2, 0) is 4.74 Å². The second kappa shape index (κ2) is 2.71. The van der Waals surface area contributed by atoms with Crippen LogP contribution in [0.15, 0.2) is 23.8 Å². The van der Waals surface area contributed by atoms with Gasteiger partial charge in [0.25, 0.3) is 0 Å². The lowest BCUT2D eigenvalue weighted by molar-refractivity contribution is -0.0727. The molecule has 0 radical (unpaired) electrons. The van der Waals surface area contributed by atoms with Crippen molar-refractivity contribution in [3.8, 4) is 0 Å². The average Bonchev–Trinajstić information content (AvgIpc) is 2.42. The molecular formula is C12H18O. The molecule has 0 spiro atoms. The Morgan fingerprint density at radius 1 is 1.23 bits per heavy atom. The molecule has 0 fully saturated rings. The molecular weight excluding hydrogens is 160 g/mol. The zero-order valence-corrected chi connectivity index (χ0v) is 8.87. The quantitative estimate of drug-likeness (QED) is 0.561. The van der Waals surface area contributed by atoms with Gasteiger partial charge in [0.1, 0.15) is 0 Å². The lowest BCUT2D eigenvalue weighted by atomic mass is 10.0. The van der Waals surface area contributed by atoms with E-state index in [4.69, 9.17) is 4.74 Å². The first kappa shape index (κ1) is 9.01. The molecule has 0 saturated heterocycles. The summed E-state index contributed by atoms with van der Waals surface area (Å²) in [4.78, 5) is 0. The maximum atomic E-state index is 6.04. The molecule has 1 heteroatoms. The van der Waals surface area contributed by atoms with E-state index in [0.717, 1.165) is 0 Å². The number of fused-ring (bicyclic) bond motifs is 2. The summed E-state index contributed by atoms with van der Waals surface area (Å²) < 4.78 is 6.04. The third-order valence-corrected chi connectivity index (χ3v) is 2.74. The van der Waals surface area contributed by atoms with Crippen LogP contribution in [0.2, 0.25) is 0 Å². The highest BCUT2D eigenvalue weighted by atomic mass is 16.5. The molecule has 2 rings (SSSR count). The Balaban J connectivity index is 2.07. The van der Waals surface area contributed by atoms with E-state index >= 15 is 0 Å². The van der Waals surface area contributed by atoms with Crippen molar-refractivity contribution in [3.63, 3.8) is 0 Å². The van der Waals surface area contributed by atoms with Gasteiger partial charge in [0.15, 0.2) is 0 Å². The third kappa shape index (κ3) is 1.58. The van der Waals surface area contributed by atoms with Gasteiger partial charge in [-0.25, -0.2) is 0 Å². The molecule has 0 aromatic rings. The Bertz CT molecular complexity index is 267. The van der Waals surface area contributed by atoms with Crippen LogP contribution in [0.25, 0.3) is 0 Å². The Kier molecular flexibility index (Phi) is 1.88. The van der Waals surface area contributed by atoms with Crippen LogP contribution in [0.5, 0.6) is 0 Å². The molecule has 0 aromatic heterocycles. The first-order valence-corrected chi connectivity index (χ1v) is 5.02. The Morgan fingerprint density at radius 2 is 1.92 bits per heavy atom. The molecule has 0 heterocycles. The summed E-state index contributed by atoms with van der Waals surface area (Å²) in [6.07, 6.45) is 7.27. The van der Waals surface area contributed by atoms with Crippen molar-refractivity contribution < 1.29 is 4.74 Å². The summed E-state index contributed by atoms with van der Waals surface area (Å²) in [5, 5.41) is 0. The topological polar surface area (TPSA) is 9.23 Å². The van der Waals surface area contributed by atoms with E-state index in [1.54, 1.807) is 0 Å². The van der Waals surface area contributed by atoms with Crippen molar-refractivity contribution in [1.29, 1.82) is 0 Å². The SMILES string of the molecule is CC1=C[C@@H]2C=C[C@H]1[C@@H]2OC(C)(C)C. The van der Waals surface area contributed by atoms with Crippen LogP contribution in [0.3, 0.4) is 0 Å². The molecule has 2 aliphatic rings. The second-order valence-electron chi connectivity index (χ2n) is 5.09. The maximum Gasteiger partial charge on any atom is 0.0778 e. The summed E-state index contributed by atoms with van der Waals surface area (Å²) in [6, 6.07) is 0. The van der Waals surface area contributed by atoms with Gasteiger partial charge in [-0.1, -0.05) is 23.8 Å². The zero-order chi connectivity index (χ0) is 9.64. The van der Waals surface area contributed by atoms with Crippen molar-refractivity contribution in [2.45, 2.75) is 39.4 Å². The molecule has 2 bridgehead atoms. The summed E-state index contributed by atoms with van der Waals surface area (Å²) in [6.45, 7) is 8.58. The second-order valence-corrected chi connectivity index (χ2v) is 5.09. The minimum atomic E-state index is -0.0222. The van der Waals surface area contributed by atoms with Crippen LogP contribution in [-0.4, -0.2) is 11.7 Å². The van der Waals surface area contributed by atoms with E-state index in [1.165, 1.54) is 5.57 Å². The molecule has 1 nitrogen and oxygen atoms in total. The molecule has 0 amide bonds. The average molecular weight is 178 g/mol. The van der Waals surface area contributed by atoms with Crippen molar-refractivity contribution >= 4 is 0 Å². The van der Waals surface area contributed by atoms with Crippen molar-refractivity contribution in [3.05, 3.63) is 23.8 Å². The number of rotatable bonds is 1. The van der Waals surface area contributed by atoms with E-state index in [2.05, 4.69) is 45.9 Å². The molecule has 0 aromatic carbocycles. The fraction of sp³-hybridized carbons (Fsp3) is 0.667. The van der Waals surface area contributed by atoms with Gasteiger partial charge in [-0.2, -0.15) is 0 Å². The predicted octanol–water partition coefficient (Wildman–Crippen LogP) is 2.93. The van der Waals surface area contributed by atoms with E-state index < -0.39 is 0 Å². The Hall–Kier alpha value is -0.560. The molecule has 0 N–H and O–H groups in total. The fourth-order valence-electron chi connectivity index (χ4n) is 2.24. The van der Waals surface area contributed by atoms with Gasteiger partial charge in [0.05, 0.1) is 11.7 Å². The van der Waals surface area contributed by atoms with Gasteiger partial charge in [0, 0.05) is 11.8 Å². The number of hydrogen-bond donors (Lipinski definition) is 0. The number of hydrogen-bond acceptors (Lipinski definition) is 1. The minimum absolute atomic E-state index is 0.0222. The first-order valence-electron chi connectivity index (χ1n) is 5.02. The lowest BCUT2D eigenvalue weighted by Gasteiger charge is -2.28. The molecule has 0 unspecified atom stereocenters. The highest BCUT2D eigenvalue weighted by Crippen LogP contribution is 2.41. The van der Waals surface area contributed by atoms with Gasteiger partial charge in [-0.15, -0.1) is 0 Å². The van der Waals surface area contributed by atoms with E-state index in [0.29, 0.717) is 17.9 Å². The van der Waals surface area contributed by atoms with Crippen molar-refractivity contribution in [2.24, 2.45) is 11.8 Å². The monoisotopic (exact) mass is 178 g/mol. The first-order chi connectivity index (χ1) is 5.97. The molecule has 2 aliphatic carbocycles. The van der Waals surface area contributed by atoms with Crippen LogP contribution < -0.4 is 0 Å². The normalized spacial score (nSPS) is 36.9. The molecule has 13 heavy (non-hydrogen) atoms. The van der Waals surface area contributed by atoms with Gasteiger partial charge in [0.2, 0.25) is 0 Å². The van der Waals surface area contributed by atoms with E-state index in [9.17, 15) is 0 Å². The molecule has 3 atom stereocenters. The fourth-order valence-corrected chi connectivity index (χ4v) is 2.24. The summed E-state index contributed by atoms with van der Waals surface area (Å²) in [5.41, 5.74) is 1.45.